The fourth-order valence-corrected chi connectivity index (χ4v) is 3.56. The number of carbonyl (C=O) groups is 2. The van der Waals surface area contributed by atoms with E-state index in [0.717, 1.165) is 11.3 Å². The molecule has 2 aromatic rings. The number of carbonyl (C=O) groups excluding carboxylic acids is 2. The standard InChI is InChI=1S/C18H15N3O5S/c1-10(8-9-19)15-11(2)14(18(23)26-3)17(27-15)20-16(22)12-4-6-13(7-5-12)21(24)25/h4-8H,1-3H3,(H,20,22)/b10-8+. The van der Waals surface area contributed by atoms with Gasteiger partial charge in [-0.15, -0.1) is 11.3 Å². The first-order valence-electron chi connectivity index (χ1n) is 7.64. The topological polar surface area (TPSA) is 122 Å². The lowest BCUT2D eigenvalue weighted by molar-refractivity contribution is -0.384. The molecule has 0 saturated heterocycles. The molecule has 0 saturated carbocycles. The maximum Gasteiger partial charge on any atom is 0.341 e. The van der Waals surface area contributed by atoms with Gasteiger partial charge in [-0.3, -0.25) is 14.9 Å². The SMILES string of the molecule is COC(=O)c1c(NC(=O)c2ccc([N+](=O)[O-])cc2)sc(/C(C)=C/C#N)c1C. The minimum atomic E-state index is -0.612. The summed E-state index contributed by atoms with van der Waals surface area (Å²) in [6, 6.07) is 7.03. The summed E-state index contributed by atoms with van der Waals surface area (Å²) >= 11 is 1.15. The number of nitrogens with zero attached hydrogens (tertiary/aromatic N) is 2. The zero-order valence-electron chi connectivity index (χ0n) is 14.7. The number of allylic oxidation sites excluding steroid dienone is 2. The summed E-state index contributed by atoms with van der Waals surface area (Å²) in [6.07, 6.45) is 1.35. The molecule has 1 aromatic carbocycles. The summed E-state index contributed by atoms with van der Waals surface area (Å²) in [5.41, 5.74) is 1.52. The number of rotatable bonds is 5. The van der Waals surface area contributed by atoms with Crippen molar-refractivity contribution >= 4 is 39.5 Å². The van der Waals surface area contributed by atoms with E-state index in [-0.39, 0.29) is 21.8 Å². The van der Waals surface area contributed by atoms with Gasteiger partial charge in [0, 0.05) is 28.6 Å². The van der Waals surface area contributed by atoms with E-state index in [1.165, 1.54) is 37.5 Å². The normalized spacial score (nSPS) is 10.8. The average molecular weight is 385 g/mol. The van der Waals surface area contributed by atoms with Gasteiger partial charge >= 0.3 is 5.97 Å². The molecule has 1 amide bonds. The molecule has 0 bridgehead atoms. The van der Waals surface area contributed by atoms with Crippen LogP contribution in [-0.2, 0) is 4.74 Å². The van der Waals surface area contributed by atoms with Crippen LogP contribution in [0.5, 0.6) is 0 Å². The number of nitrogens with one attached hydrogen (secondary N) is 1. The molecule has 1 heterocycles. The van der Waals surface area contributed by atoms with Crippen LogP contribution in [-0.4, -0.2) is 23.9 Å². The zero-order chi connectivity index (χ0) is 20.1. The molecular weight excluding hydrogens is 370 g/mol. The molecule has 27 heavy (non-hydrogen) atoms. The van der Waals surface area contributed by atoms with Gasteiger partial charge in [-0.1, -0.05) is 0 Å². The molecule has 138 valence electrons. The van der Waals surface area contributed by atoms with Crippen molar-refractivity contribution in [2.45, 2.75) is 13.8 Å². The lowest BCUT2D eigenvalue weighted by Crippen LogP contribution is -2.14. The van der Waals surface area contributed by atoms with Gasteiger partial charge in [0.1, 0.15) is 5.00 Å². The minimum absolute atomic E-state index is 0.131. The Labute approximate surface area is 158 Å². The van der Waals surface area contributed by atoms with Gasteiger partial charge in [-0.2, -0.15) is 5.26 Å². The van der Waals surface area contributed by atoms with E-state index in [1.54, 1.807) is 13.8 Å². The summed E-state index contributed by atoms with van der Waals surface area (Å²) in [6.45, 7) is 3.43. The van der Waals surface area contributed by atoms with Crippen LogP contribution in [0.15, 0.2) is 30.3 Å². The van der Waals surface area contributed by atoms with E-state index >= 15 is 0 Å². The van der Waals surface area contributed by atoms with Gasteiger partial charge in [-0.05, 0) is 37.1 Å². The Hall–Kier alpha value is -3.51. The van der Waals surface area contributed by atoms with Crippen molar-refractivity contribution in [3.63, 3.8) is 0 Å². The molecule has 1 N–H and O–H groups in total. The Morgan fingerprint density at radius 3 is 2.48 bits per heavy atom. The minimum Gasteiger partial charge on any atom is -0.465 e. The highest BCUT2D eigenvalue weighted by molar-refractivity contribution is 7.18. The quantitative estimate of drug-likeness (QED) is 0.360. The molecule has 0 aliphatic heterocycles. The maximum absolute atomic E-state index is 12.5. The second-order valence-corrected chi connectivity index (χ2v) is 6.49. The van der Waals surface area contributed by atoms with Crippen LogP contribution in [0.3, 0.4) is 0 Å². The van der Waals surface area contributed by atoms with Gasteiger partial charge in [0.05, 0.1) is 23.7 Å². The predicted octanol–water partition coefficient (Wildman–Crippen LogP) is 3.93. The van der Waals surface area contributed by atoms with Gasteiger partial charge < -0.3 is 10.1 Å². The molecule has 2 rings (SSSR count). The van der Waals surface area contributed by atoms with E-state index < -0.39 is 16.8 Å². The average Bonchev–Trinajstić information content (AvgIpc) is 2.97. The lowest BCUT2D eigenvalue weighted by atomic mass is 10.1. The number of anilines is 1. The number of hydrogen-bond donors (Lipinski definition) is 1. The summed E-state index contributed by atoms with van der Waals surface area (Å²) in [5.74, 6) is -1.14. The van der Waals surface area contributed by atoms with Crippen molar-refractivity contribution in [2.24, 2.45) is 0 Å². The number of ether oxygens (including phenoxy) is 1. The number of amides is 1. The van der Waals surface area contributed by atoms with Crippen LogP contribution < -0.4 is 5.32 Å². The van der Waals surface area contributed by atoms with E-state index in [2.05, 4.69) is 5.32 Å². The third-order valence-electron chi connectivity index (χ3n) is 3.74. The number of hydrogen-bond acceptors (Lipinski definition) is 7. The molecule has 0 atom stereocenters. The van der Waals surface area contributed by atoms with Gasteiger partial charge in [0.25, 0.3) is 11.6 Å². The van der Waals surface area contributed by atoms with E-state index in [4.69, 9.17) is 10.00 Å². The van der Waals surface area contributed by atoms with Crippen molar-refractivity contribution < 1.29 is 19.2 Å². The number of methoxy groups -OCH3 is 1. The lowest BCUT2D eigenvalue weighted by Gasteiger charge is -2.06. The molecule has 0 fully saturated rings. The highest BCUT2D eigenvalue weighted by Gasteiger charge is 2.24. The maximum atomic E-state index is 12.5. The predicted molar refractivity (Wildman–Crippen MR) is 101 cm³/mol. The van der Waals surface area contributed by atoms with Crippen LogP contribution >= 0.6 is 11.3 Å². The fraction of sp³-hybridized carbons (Fsp3) is 0.167. The molecular formula is C18H15N3O5S. The van der Waals surface area contributed by atoms with Gasteiger partial charge in [-0.25, -0.2) is 4.79 Å². The number of nitro groups is 1. The first-order chi connectivity index (χ1) is 12.8. The fourth-order valence-electron chi connectivity index (χ4n) is 2.40. The summed E-state index contributed by atoms with van der Waals surface area (Å²) in [7, 11) is 1.24. The molecule has 0 aliphatic carbocycles. The summed E-state index contributed by atoms with van der Waals surface area (Å²) in [4.78, 5) is 35.5. The van der Waals surface area contributed by atoms with E-state index in [9.17, 15) is 19.7 Å². The number of non-ortho nitro benzene ring substituents is 1. The van der Waals surface area contributed by atoms with Crippen molar-refractivity contribution in [3.05, 3.63) is 62.0 Å². The zero-order valence-corrected chi connectivity index (χ0v) is 15.5. The Morgan fingerprint density at radius 1 is 1.33 bits per heavy atom. The molecule has 0 radical (unpaired) electrons. The third kappa shape index (κ3) is 4.19. The molecule has 8 nitrogen and oxygen atoms in total. The molecule has 0 unspecified atom stereocenters. The molecule has 1 aromatic heterocycles. The molecule has 9 heteroatoms. The van der Waals surface area contributed by atoms with Crippen LogP contribution in [0, 0.1) is 28.4 Å². The Bertz CT molecular complexity index is 984. The van der Waals surface area contributed by atoms with Crippen LogP contribution in [0.4, 0.5) is 10.7 Å². The van der Waals surface area contributed by atoms with E-state index in [1.807, 2.05) is 6.07 Å². The summed E-state index contributed by atoms with van der Waals surface area (Å²) in [5, 5.41) is 22.5. The Balaban J connectivity index is 2.42. The van der Waals surface area contributed by atoms with Crippen LogP contribution in [0.25, 0.3) is 5.57 Å². The van der Waals surface area contributed by atoms with E-state index in [0.29, 0.717) is 16.0 Å². The number of esters is 1. The van der Waals surface area contributed by atoms with Crippen molar-refractivity contribution in [1.82, 2.24) is 0 Å². The highest BCUT2D eigenvalue weighted by atomic mass is 32.1. The number of nitriles is 1. The number of benzene rings is 1. The Kier molecular flexibility index (Phi) is 6.05. The molecule has 0 spiro atoms. The van der Waals surface area contributed by atoms with Crippen molar-refractivity contribution in [3.8, 4) is 6.07 Å². The highest BCUT2D eigenvalue weighted by Crippen LogP contribution is 2.37. The Morgan fingerprint density at radius 2 is 1.96 bits per heavy atom. The monoisotopic (exact) mass is 385 g/mol. The van der Waals surface area contributed by atoms with Crippen molar-refractivity contribution in [2.75, 3.05) is 12.4 Å². The smallest absolute Gasteiger partial charge is 0.341 e. The summed E-state index contributed by atoms with van der Waals surface area (Å²) < 4.78 is 4.80. The first-order valence-corrected chi connectivity index (χ1v) is 8.46. The third-order valence-corrected chi connectivity index (χ3v) is 5.09. The van der Waals surface area contributed by atoms with Crippen LogP contribution in [0.2, 0.25) is 0 Å². The number of nitro benzene ring substituents is 1. The second-order valence-electron chi connectivity index (χ2n) is 5.47. The molecule has 0 aliphatic rings. The largest absolute Gasteiger partial charge is 0.465 e. The second kappa shape index (κ2) is 8.25. The van der Waals surface area contributed by atoms with Gasteiger partial charge in [0.15, 0.2) is 0 Å². The number of thiophene rings is 1. The first kappa shape index (κ1) is 19.8. The van der Waals surface area contributed by atoms with Crippen molar-refractivity contribution in [1.29, 1.82) is 5.26 Å². The van der Waals surface area contributed by atoms with Gasteiger partial charge in [0.2, 0.25) is 0 Å². The van der Waals surface area contributed by atoms with Crippen LogP contribution in [0.1, 0.15) is 38.1 Å².